The minimum atomic E-state index is 0.192. The topological polar surface area (TPSA) is 58.7 Å². The first-order valence-electron chi connectivity index (χ1n) is 5.26. The van der Waals surface area contributed by atoms with Crippen molar-refractivity contribution in [1.29, 1.82) is 5.26 Å². The summed E-state index contributed by atoms with van der Waals surface area (Å²) in [7, 11) is 0. The molecule has 4 heteroatoms. The number of hydrogen-bond acceptors (Lipinski definition) is 3. The molecule has 0 amide bonds. The van der Waals surface area contributed by atoms with Crippen LogP contribution in [0.25, 0.3) is 0 Å². The summed E-state index contributed by atoms with van der Waals surface area (Å²) < 4.78 is 1.69. The van der Waals surface area contributed by atoms with Crippen LogP contribution in [0.4, 0.5) is 0 Å². The molecule has 2 rings (SSSR count). The summed E-state index contributed by atoms with van der Waals surface area (Å²) in [5.74, 6) is 0.192. The summed E-state index contributed by atoms with van der Waals surface area (Å²) in [5.41, 5.74) is 2.61. The third-order valence-corrected chi connectivity index (χ3v) is 2.78. The van der Waals surface area contributed by atoms with Crippen molar-refractivity contribution in [3.05, 3.63) is 17.0 Å². The fraction of sp³-hybridized carbons (Fsp3) is 0.545. The van der Waals surface area contributed by atoms with Gasteiger partial charge in [-0.3, -0.25) is 9.48 Å². The number of nitrogens with zero attached hydrogens (tertiary/aromatic N) is 3. The zero-order valence-electron chi connectivity index (χ0n) is 8.79. The van der Waals surface area contributed by atoms with Crippen LogP contribution in [-0.2, 0) is 19.4 Å². The number of carbonyl (C=O) groups is 1. The minimum absolute atomic E-state index is 0.192. The van der Waals surface area contributed by atoms with Crippen molar-refractivity contribution in [3.8, 4) is 6.07 Å². The Morgan fingerprint density at radius 1 is 1.53 bits per heavy atom. The molecule has 0 fully saturated rings. The lowest BCUT2D eigenvalue weighted by atomic mass is 9.94. The number of nitriles is 1. The summed E-state index contributed by atoms with van der Waals surface area (Å²) in [6.45, 7) is 2.23. The summed E-state index contributed by atoms with van der Waals surface area (Å²) in [4.78, 5) is 11.7. The van der Waals surface area contributed by atoms with Gasteiger partial charge < -0.3 is 0 Å². The molecule has 1 aliphatic rings. The van der Waals surface area contributed by atoms with Crippen molar-refractivity contribution in [3.63, 3.8) is 0 Å². The third kappa shape index (κ3) is 1.54. The highest BCUT2D eigenvalue weighted by Gasteiger charge is 2.25. The Kier molecular flexibility index (Phi) is 2.55. The van der Waals surface area contributed by atoms with E-state index in [-0.39, 0.29) is 12.3 Å². The van der Waals surface area contributed by atoms with Gasteiger partial charge in [0.25, 0.3) is 0 Å². The normalized spacial score (nSPS) is 14.8. The van der Waals surface area contributed by atoms with Gasteiger partial charge in [-0.1, -0.05) is 6.92 Å². The lowest BCUT2D eigenvalue weighted by molar-refractivity contribution is 0.0971. The van der Waals surface area contributed by atoms with Gasteiger partial charge in [0.1, 0.15) is 6.54 Å². The molecule has 1 aromatic heterocycles. The number of aromatic nitrogens is 2. The van der Waals surface area contributed by atoms with Gasteiger partial charge in [0, 0.05) is 6.42 Å². The van der Waals surface area contributed by atoms with Gasteiger partial charge in [-0.2, -0.15) is 10.4 Å². The number of rotatable bonds is 2. The highest BCUT2D eigenvalue weighted by Crippen LogP contribution is 2.24. The van der Waals surface area contributed by atoms with Crippen LogP contribution >= 0.6 is 0 Å². The smallest absolute Gasteiger partial charge is 0.166 e. The van der Waals surface area contributed by atoms with Gasteiger partial charge >= 0.3 is 0 Å². The van der Waals surface area contributed by atoms with E-state index in [1.165, 1.54) is 0 Å². The number of aryl methyl sites for hydroxylation is 1. The van der Waals surface area contributed by atoms with Crippen LogP contribution < -0.4 is 0 Å². The number of Topliss-reactive ketones (excluding diaryl/α,β-unsaturated/α-hetero) is 1. The van der Waals surface area contributed by atoms with Crippen molar-refractivity contribution in [1.82, 2.24) is 9.78 Å². The number of ketones is 1. The summed E-state index contributed by atoms with van der Waals surface area (Å²) in [6, 6.07) is 2.08. The zero-order valence-corrected chi connectivity index (χ0v) is 8.79. The lowest BCUT2D eigenvalue weighted by Gasteiger charge is -2.11. The van der Waals surface area contributed by atoms with Crippen LogP contribution in [0.15, 0.2) is 0 Å². The second-order valence-electron chi connectivity index (χ2n) is 3.71. The van der Waals surface area contributed by atoms with Crippen LogP contribution in [0.1, 0.15) is 41.5 Å². The first-order valence-corrected chi connectivity index (χ1v) is 5.26. The van der Waals surface area contributed by atoms with E-state index in [9.17, 15) is 4.79 Å². The fourth-order valence-corrected chi connectivity index (χ4v) is 2.11. The Hall–Kier alpha value is -1.63. The van der Waals surface area contributed by atoms with Gasteiger partial charge in [-0.15, -0.1) is 0 Å². The Balaban J connectivity index is 2.53. The minimum Gasteiger partial charge on any atom is -0.294 e. The molecule has 0 aliphatic heterocycles. The molecule has 4 nitrogen and oxygen atoms in total. The van der Waals surface area contributed by atoms with Crippen molar-refractivity contribution in [2.45, 2.75) is 39.2 Å². The molecule has 1 heterocycles. The molecule has 1 aromatic rings. The van der Waals surface area contributed by atoms with E-state index < -0.39 is 0 Å². The fourth-order valence-electron chi connectivity index (χ4n) is 2.11. The van der Waals surface area contributed by atoms with Gasteiger partial charge in [-0.25, -0.2) is 0 Å². The summed E-state index contributed by atoms with van der Waals surface area (Å²) >= 11 is 0. The number of carbonyl (C=O) groups excluding carboxylic acids is 1. The molecular formula is C11H13N3O. The van der Waals surface area contributed by atoms with Crippen LogP contribution in [0.5, 0.6) is 0 Å². The first-order chi connectivity index (χ1) is 7.27. The highest BCUT2D eigenvalue weighted by atomic mass is 16.1. The molecule has 15 heavy (non-hydrogen) atoms. The van der Waals surface area contributed by atoms with Crippen molar-refractivity contribution in [2.24, 2.45) is 0 Å². The predicted molar refractivity (Wildman–Crippen MR) is 54.5 cm³/mol. The van der Waals surface area contributed by atoms with Crippen molar-refractivity contribution >= 4 is 5.78 Å². The average molecular weight is 203 g/mol. The maximum absolute atomic E-state index is 11.7. The summed E-state index contributed by atoms with van der Waals surface area (Å²) in [5, 5.41) is 13.0. The quantitative estimate of drug-likeness (QED) is 0.731. The van der Waals surface area contributed by atoms with Crippen molar-refractivity contribution in [2.75, 3.05) is 0 Å². The molecular weight excluding hydrogens is 190 g/mol. The molecule has 0 bridgehead atoms. The average Bonchev–Trinajstić information content (AvgIpc) is 2.59. The van der Waals surface area contributed by atoms with E-state index in [0.29, 0.717) is 6.42 Å². The molecule has 0 radical (unpaired) electrons. The van der Waals surface area contributed by atoms with Crippen LogP contribution in [0.2, 0.25) is 0 Å². The van der Waals surface area contributed by atoms with Gasteiger partial charge in [-0.05, 0) is 19.3 Å². The Labute approximate surface area is 88.5 Å². The standard InChI is InChI=1S/C11H13N3O/c1-2-8-11-9(4-3-5-10(11)15)14(13-8)7-6-12/h2-5,7H2,1H3. The SMILES string of the molecule is CCc1nn(CC#N)c2c1C(=O)CCC2. The maximum atomic E-state index is 11.7. The summed E-state index contributed by atoms with van der Waals surface area (Å²) in [6.07, 6.45) is 3.13. The van der Waals surface area contributed by atoms with E-state index in [0.717, 1.165) is 36.2 Å². The van der Waals surface area contributed by atoms with E-state index in [4.69, 9.17) is 5.26 Å². The molecule has 0 unspecified atom stereocenters. The molecule has 1 aliphatic carbocycles. The van der Waals surface area contributed by atoms with E-state index in [1.54, 1.807) is 4.68 Å². The molecule has 0 saturated carbocycles. The van der Waals surface area contributed by atoms with Gasteiger partial charge in [0.15, 0.2) is 5.78 Å². The number of hydrogen-bond donors (Lipinski definition) is 0. The molecule has 0 atom stereocenters. The monoisotopic (exact) mass is 203 g/mol. The Morgan fingerprint density at radius 2 is 2.33 bits per heavy atom. The molecule has 0 spiro atoms. The second kappa shape index (κ2) is 3.85. The predicted octanol–water partition coefficient (Wildman–Crippen LogP) is 1.49. The van der Waals surface area contributed by atoms with Gasteiger partial charge in [0.05, 0.1) is 23.0 Å². The Morgan fingerprint density at radius 3 is 3.00 bits per heavy atom. The van der Waals surface area contributed by atoms with Crippen molar-refractivity contribution < 1.29 is 4.79 Å². The largest absolute Gasteiger partial charge is 0.294 e. The Bertz CT molecular complexity index is 439. The van der Waals surface area contributed by atoms with Crippen LogP contribution in [-0.4, -0.2) is 15.6 Å². The second-order valence-corrected chi connectivity index (χ2v) is 3.71. The number of fused-ring (bicyclic) bond motifs is 1. The molecule has 0 saturated heterocycles. The maximum Gasteiger partial charge on any atom is 0.166 e. The lowest BCUT2D eigenvalue weighted by Crippen LogP contribution is -2.13. The molecule has 0 N–H and O–H groups in total. The molecule has 0 aromatic carbocycles. The third-order valence-electron chi connectivity index (χ3n) is 2.78. The van der Waals surface area contributed by atoms with E-state index >= 15 is 0 Å². The van der Waals surface area contributed by atoms with E-state index in [2.05, 4.69) is 11.2 Å². The zero-order chi connectivity index (χ0) is 10.8. The van der Waals surface area contributed by atoms with E-state index in [1.807, 2.05) is 6.92 Å². The molecule has 78 valence electrons. The first kappa shape index (κ1) is 9.91. The van der Waals surface area contributed by atoms with Crippen LogP contribution in [0.3, 0.4) is 0 Å². The van der Waals surface area contributed by atoms with Crippen LogP contribution in [0, 0.1) is 11.3 Å². The highest BCUT2D eigenvalue weighted by molar-refractivity contribution is 5.99. The van der Waals surface area contributed by atoms with Gasteiger partial charge in [0.2, 0.25) is 0 Å².